The molecule has 1 atom stereocenters. The largest absolute Gasteiger partial charge is 0.445 e. The molecular weight excluding hydrogens is 412 g/mol. The summed E-state index contributed by atoms with van der Waals surface area (Å²) in [6.45, 7) is 0.593. The number of hydrogen-bond donors (Lipinski definition) is 2. The number of nitrogens with one attached hydrogen (secondary N) is 2. The van der Waals surface area contributed by atoms with Crippen molar-refractivity contribution >= 4 is 23.6 Å². The Morgan fingerprint density at radius 1 is 0.806 bits per heavy atom. The number of carbonyl (C=O) groups excluding carboxylic acids is 2. The molecule has 2 amide bonds. The van der Waals surface area contributed by atoms with Crippen LogP contribution in [0.4, 0.5) is 4.79 Å². The Bertz CT molecular complexity index is 963. The number of amides is 2. The second kappa shape index (κ2) is 11.8. The van der Waals surface area contributed by atoms with Crippen molar-refractivity contribution in [1.29, 1.82) is 0 Å². The fraction of sp³-hybridized carbons (Fsp3) is 0.200. The van der Waals surface area contributed by atoms with Crippen LogP contribution >= 0.6 is 11.6 Å². The zero-order valence-corrected chi connectivity index (χ0v) is 17.8. The number of ether oxygens (including phenoxy) is 1. The summed E-state index contributed by atoms with van der Waals surface area (Å²) in [6.07, 6.45) is 0.408. The molecule has 0 saturated carbocycles. The second-order valence-electron chi connectivity index (χ2n) is 7.12. The Morgan fingerprint density at radius 3 is 2.06 bits per heavy atom. The summed E-state index contributed by atoms with van der Waals surface area (Å²) in [4.78, 5) is 25.1. The molecule has 0 saturated heterocycles. The molecule has 0 fully saturated rings. The summed E-state index contributed by atoms with van der Waals surface area (Å²) < 4.78 is 5.29. The van der Waals surface area contributed by atoms with Gasteiger partial charge in [-0.1, -0.05) is 84.4 Å². The first-order valence-corrected chi connectivity index (χ1v) is 10.5. The number of carbonyl (C=O) groups is 2. The van der Waals surface area contributed by atoms with Crippen LogP contribution in [0.3, 0.4) is 0 Å². The van der Waals surface area contributed by atoms with Crippen molar-refractivity contribution in [2.24, 2.45) is 0 Å². The van der Waals surface area contributed by atoms with E-state index in [1.807, 2.05) is 84.9 Å². The standard InChI is InChI=1S/C25H25ClN2O3/c26-22-13-11-19(12-14-22)15-16-27-24(29)23(17-20-7-3-1-4-8-20)28-25(30)31-18-21-9-5-2-6-10-21/h1-14,23H,15-18H2,(H,27,29)(H,28,30)/t23-/m0/s1. The Kier molecular flexibility index (Phi) is 8.49. The SMILES string of the molecule is O=C(N[C@@H](Cc1ccccc1)C(=O)NCCc1ccc(Cl)cc1)OCc1ccccc1. The van der Waals surface area contributed by atoms with Gasteiger partial charge >= 0.3 is 6.09 Å². The molecule has 6 heteroatoms. The molecule has 0 unspecified atom stereocenters. The summed E-state index contributed by atoms with van der Waals surface area (Å²) in [5.74, 6) is -0.255. The molecular formula is C25H25ClN2O3. The zero-order chi connectivity index (χ0) is 21.9. The first-order valence-electron chi connectivity index (χ1n) is 10.1. The number of benzene rings is 3. The summed E-state index contributed by atoms with van der Waals surface area (Å²) in [5, 5.41) is 6.28. The van der Waals surface area contributed by atoms with Crippen molar-refractivity contribution in [3.05, 3.63) is 107 Å². The molecule has 31 heavy (non-hydrogen) atoms. The van der Waals surface area contributed by atoms with E-state index >= 15 is 0 Å². The van der Waals surface area contributed by atoms with Gasteiger partial charge in [0, 0.05) is 18.0 Å². The average molecular weight is 437 g/mol. The van der Waals surface area contributed by atoms with E-state index in [-0.39, 0.29) is 12.5 Å². The van der Waals surface area contributed by atoms with Crippen molar-refractivity contribution in [1.82, 2.24) is 10.6 Å². The molecule has 3 aromatic carbocycles. The molecule has 0 aliphatic heterocycles. The van der Waals surface area contributed by atoms with Crippen LogP contribution < -0.4 is 10.6 Å². The topological polar surface area (TPSA) is 67.4 Å². The van der Waals surface area contributed by atoms with E-state index in [4.69, 9.17) is 16.3 Å². The number of alkyl carbamates (subject to hydrolysis) is 1. The van der Waals surface area contributed by atoms with Gasteiger partial charge in [-0.3, -0.25) is 4.79 Å². The molecule has 0 aliphatic carbocycles. The molecule has 3 aromatic rings. The third kappa shape index (κ3) is 7.79. The van der Waals surface area contributed by atoms with Crippen molar-refractivity contribution in [2.45, 2.75) is 25.5 Å². The number of rotatable bonds is 9. The number of halogens is 1. The smallest absolute Gasteiger partial charge is 0.408 e. The second-order valence-corrected chi connectivity index (χ2v) is 7.55. The van der Waals surface area contributed by atoms with Gasteiger partial charge in [-0.2, -0.15) is 0 Å². The summed E-state index contributed by atoms with van der Waals surface area (Å²) in [6, 6.07) is 25.7. The van der Waals surface area contributed by atoms with Crippen molar-refractivity contribution < 1.29 is 14.3 Å². The van der Waals surface area contributed by atoms with Crippen molar-refractivity contribution in [3.63, 3.8) is 0 Å². The van der Waals surface area contributed by atoms with Crippen LogP contribution in [-0.2, 0) is 29.0 Å². The van der Waals surface area contributed by atoms with Crippen LogP contribution in [0.2, 0.25) is 5.02 Å². The van der Waals surface area contributed by atoms with Gasteiger partial charge in [-0.05, 0) is 35.2 Å². The van der Waals surface area contributed by atoms with Gasteiger partial charge in [-0.25, -0.2) is 4.79 Å². The number of hydrogen-bond acceptors (Lipinski definition) is 3. The lowest BCUT2D eigenvalue weighted by molar-refractivity contribution is -0.123. The van der Waals surface area contributed by atoms with Crippen molar-refractivity contribution in [2.75, 3.05) is 6.54 Å². The first kappa shape index (κ1) is 22.4. The minimum absolute atomic E-state index is 0.142. The molecule has 0 heterocycles. The van der Waals surface area contributed by atoms with Crippen LogP contribution in [-0.4, -0.2) is 24.6 Å². The van der Waals surface area contributed by atoms with Gasteiger partial charge in [0.2, 0.25) is 5.91 Å². The van der Waals surface area contributed by atoms with E-state index in [2.05, 4.69) is 10.6 Å². The highest BCUT2D eigenvalue weighted by Crippen LogP contribution is 2.10. The van der Waals surface area contributed by atoms with Gasteiger partial charge in [0.15, 0.2) is 0 Å². The molecule has 2 N–H and O–H groups in total. The van der Waals surface area contributed by atoms with Crippen molar-refractivity contribution in [3.8, 4) is 0 Å². The van der Waals surface area contributed by atoms with E-state index in [9.17, 15) is 9.59 Å². The van der Waals surface area contributed by atoms with Crippen LogP contribution in [0, 0.1) is 0 Å². The minimum Gasteiger partial charge on any atom is -0.445 e. The monoisotopic (exact) mass is 436 g/mol. The molecule has 0 aromatic heterocycles. The fourth-order valence-corrected chi connectivity index (χ4v) is 3.20. The zero-order valence-electron chi connectivity index (χ0n) is 17.1. The molecule has 0 radical (unpaired) electrons. The Morgan fingerprint density at radius 2 is 1.42 bits per heavy atom. The highest BCUT2D eigenvalue weighted by molar-refractivity contribution is 6.30. The van der Waals surface area contributed by atoms with Gasteiger partial charge in [-0.15, -0.1) is 0 Å². The van der Waals surface area contributed by atoms with Gasteiger partial charge in [0.25, 0.3) is 0 Å². The van der Waals surface area contributed by atoms with Gasteiger partial charge in [0.1, 0.15) is 12.6 Å². The molecule has 5 nitrogen and oxygen atoms in total. The third-order valence-electron chi connectivity index (χ3n) is 4.73. The maximum atomic E-state index is 12.8. The lowest BCUT2D eigenvalue weighted by Crippen LogP contribution is -2.48. The molecule has 0 spiro atoms. The summed E-state index contributed by atoms with van der Waals surface area (Å²) in [7, 11) is 0. The van der Waals surface area contributed by atoms with E-state index in [1.165, 1.54) is 0 Å². The summed E-state index contributed by atoms with van der Waals surface area (Å²) in [5.41, 5.74) is 2.90. The first-order chi connectivity index (χ1) is 15.1. The van der Waals surface area contributed by atoms with Gasteiger partial charge in [0.05, 0.1) is 0 Å². The fourth-order valence-electron chi connectivity index (χ4n) is 3.07. The predicted molar refractivity (Wildman–Crippen MR) is 122 cm³/mol. The van der Waals surface area contributed by atoms with E-state index in [0.29, 0.717) is 24.4 Å². The quantitative estimate of drug-likeness (QED) is 0.517. The molecule has 3 rings (SSSR count). The summed E-state index contributed by atoms with van der Waals surface area (Å²) >= 11 is 5.91. The third-order valence-corrected chi connectivity index (χ3v) is 4.98. The highest BCUT2D eigenvalue weighted by Gasteiger charge is 2.21. The lowest BCUT2D eigenvalue weighted by Gasteiger charge is -2.18. The van der Waals surface area contributed by atoms with Gasteiger partial charge < -0.3 is 15.4 Å². The van der Waals surface area contributed by atoms with E-state index < -0.39 is 12.1 Å². The van der Waals surface area contributed by atoms with Crippen LogP contribution in [0.15, 0.2) is 84.9 Å². The molecule has 0 aliphatic rings. The Balaban J connectivity index is 1.56. The predicted octanol–water partition coefficient (Wildman–Crippen LogP) is 4.54. The molecule has 0 bridgehead atoms. The normalized spacial score (nSPS) is 11.4. The maximum Gasteiger partial charge on any atom is 0.408 e. The van der Waals surface area contributed by atoms with Crippen LogP contribution in [0.5, 0.6) is 0 Å². The Labute approximate surface area is 187 Å². The minimum atomic E-state index is -0.740. The van der Waals surface area contributed by atoms with E-state index in [1.54, 1.807) is 0 Å². The lowest BCUT2D eigenvalue weighted by atomic mass is 10.1. The maximum absolute atomic E-state index is 12.8. The van der Waals surface area contributed by atoms with E-state index in [0.717, 1.165) is 16.7 Å². The Hall–Kier alpha value is -3.31. The van der Waals surface area contributed by atoms with Crippen LogP contribution in [0.1, 0.15) is 16.7 Å². The highest BCUT2D eigenvalue weighted by atomic mass is 35.5. The molecule has 160 valence electrons. The average Bonchev–Trinajstić information content (AvgIpc) is 2.80. The van der Waals surface area contributed by atoms with Crippen LogP contribution in [0.25, 0.3) is 0 Å².